The first-order chi connectivity index (χ1) is 9.79. The molecule has 2 N–H and O–H groups in total. The van der Waals surface area contributed by atoms with Crippen LogP contribution >= 0.6 is 11.8 Å². The maximum Gasteiger partial charge on any atom is 0.0541 e. The second-order valence-corrected chi connectivity index (χ2v) is 7.57. The molecule has 1 aromatic rings. The van der Waals surface area contributed by atoms with Gasteiger partial charge >= 0.3 is 0 Å². The van der Waals surface area contributed by atoms with Gasteiger partial charge in [0, 0.05) is 21.9 Å². The first-order valence-corrected chi connectivity index (χ1v) is 8.89. The van der Waals surface area contributed by atoms with Crippen LogP contribution in [0.2, 0.25) is 0 Å². The molecule has 0 radical (unpaired) electrons. The normalized spacial score (nSPS) is 27.6. The van der Waals surface area contributed by atoms with Gasteiger partial charge in [0.15, 0.2) is 0 Å². The van der Waals surface area contributed by atoms with Crippen molar-refractivity contribution in [2.45, 2.75) is 73.7 Å². The number of nitrogens with one attached hydrogen (secondary N) is 1. The summed E-state index contributed by atoms with van der Waals surface area (Å²) in [6.07, 6.45) is 9.55. The van der Waals surface area contributed by atoms with E-state index in [4.69, 9.17) is 0 Å². The Morgan fingerprint density at radius 3 is 2.20 bits per heavy atom. The van der Waals surface area contributed by atoms with E-state index in [0.717, 1.165) is 30.9 Å². The van der Waals surface area contributed by atoms with E-state index in [1.807, 2.05) is 11.8 Å². The number of anilines is 1. The van der Waals surface area contributed by atoms with Gasteiger partial charge in [0.25, 0.3) is 0 Å². The average molecular weight is 291 g/mol. The van der Waals surface area contributed by atoms with E-state index in [9.17, 15) is 5.11 Å². The predicted molar refractivity (Wildman–Crippen MR) is 86.4 cm³/mol. The molecule has 0 heterocycles. The third kappa shape index (κ3) is 3.92. The molecule has 0 spiro atoms. The molecule has 0 saturated heterocycles. The molecule has 3 heteroatoms. The molecule has 1 aromatic carbocycles. The van der Waals surface area contributed by atoms with Crippen LogP contribution in [0.1, 0.15) is 51.4 Å². The highest BCUT2D eigenvalue weighted by Gasteiger charge is 2.19. The highest BCUT2D eigenvalue weighted by atomic mass is 32.2. The van der Waals surface area contributed by atoms with Gasteiger partial charge in [0.2, 0.25) is 0 Å². The first kappa shape index (κ1) is 14.3. The third-order valence-corrected chi connectivity index (χ3v) is 5.88. The Bertz CT molecular complexity index is 406. The number of aliphatic hydroxyl groups is 1. The van der Waals surface area contributed by atoms with Crippen molar-refractivity contribution in [1.29, 1.82) is 0 Å². The summed E-state index contributed by atoms with van der Waals surface area (Å²) in [5, 5.41) is 14.0. The average Bonchev–Trinajstić information content (AvgIpc) is 2.96. The summed E-state index contributed by atoms with van der Waals surface area (Å²) in [5.74, 6) is 0. The van der Waals surface area contributed by atoms with Crippen LogP contribution in [0, 0.1) is 0 Å². The molecule has 0 aromatic heterocycles. The largest absolute Gasteiger partial charge is 0.393 e. The third-order valence-electron chi connectivity index (χ3n) is 4.53. The minimum Gasteiger partial charge on any atom is -0.393 e. The SMILES string of the molecule is OC1CCC(Nc2ccc(SC3CCCC3)cc2)CC1. The smallest absolute Gasteiger partial charge is 0.0541 e. The minimum atomic E-state index is -0.0711. The number of aliphatic hydroxyl groups excluding tert-OH is 1. The maximum atomic E-state index is 9.53. The molecule has 0 amide bonds. The molecule has 0 atom stereocenters. The molecular formula is C17H25NOS. The molecule has 2 nitrogen and oxygen atoms in total. The van der Waals surface area contributed by atoms with Crippen molar-refractivity contribution in [2.24, 2.45) is 0 Å². The van der Waals surface area contributed by atoms with E-state index in [2.05, 4.69) is 29.6 Å². The van der Waals surface area contributed by atoms with Gasteiger partial charge in [-0.25, -0.2) is 0 Å². The van der Waals surface area contributed by atoms with E-state index in [0.29, 0.717) is 6.04 Å². The zero-order valence-electron chi connectivity index (χ0n) is 12.1. The second kappa shape index (κ2) is 6.86. The lowest BCUT2D eigenvalue weighted by Crippen LogP contribution is -2.28. The summed E-state index contributed by atoms with van der Waals surface area (Å²) in [7, 11) is 0. The Balaban J connectivity index is 1.50. The summed E-state index contributed by atoms with van der Waals surface area (Å²) in [6.45, 7) is 0. The maximum absolute atomic E-state index is 9.53. The molecule has 2 saturated carbocycles. The summed E-state index contributed by atoms with van der Waals surface area (Å²) < 4.78 is 0. The second-order valence-electron chi connectivity index (χ2n) is 6.20. The predicted octanol–water partition coefficient (Wildman–Crippen LogP) is 4.44. The highest BCUT2D eigenvalue weighted by Crippen LogP contribution is 2.35. The van der Waals surface area contributed by atoms with E-state index in [1.165, 1.54) is 36.3 Å². The van der Waals surface area contributed by atoms with Crippen molar-refractivity contribution in [2.75, 3.05) is 5.32 Å². The molecule has 0 bridgehead atoms. The molecular weight excluding hydrogens is 266 g/mol. The Morgan fingerprint density at radius 2 is 1.55 bits per heavy atom. The fourth-order valence-electron chi connectivity index (χ4n) is 3.28. The quantitative estimate of drug-likeness (QED) is 0.860. The van der Waals surface area contributed by atoms with E-state index in [1.54, 1.807) is 0 Å². The molecule has 110 valence electrons. The standard InChI is InChI=1S/C17H25NOS/c19-15-9-5-13(6-10-15)18-14-7-11-17(12-8-14)20-16-3-1-2-4-16/h7-8,11-13,15-16,18-19H,1-6,9-10H2. The minimum absolute atomic E-state index is 0.0711. The van der Waals surface area contributed by atoms with Crippen molar-refractivity contribution in [3.05, 3.63) is 24.3 Å². The number of hydrogen-bond acceptors (Lipinski definition) is 3. The van der Waals surface area contributed by atoms with Crippen molar-refractivity contribution in [3.63, 3.8) is 0 Å². The van der Waals surface area contributed by atoms with Gasteiger partial charge in [-0.05, 0) is 62.8 Å². The van der Waals surface area contributed by atoms with E-state index in [-0.39, 0.29) is 6.10 Å². The monoisotopic (exact) mass is 291 g/mol. The topological polar surface area (TPSA) is 32.3 Å². The Morgan fingerprint density at radius 1 is 0.900 bits per heavy atom. The molecule has 0 unspecified atom stereocenters. The summed E-state index contributed by atoms with van der Waals surface area (Å²) >= 11 is 2.05. The van der Waals surface area contributed by atoms with Gasteiger partial charge in [-0.1, -0.05) is 12.8 Å². The molecule has 20 heavy (non-hydrogen) atoms. The van der Waals surface area contributed by atoms with Crippen molar-refractivity contribution >= 4 is 17.4 Å². The number of benzene rings is 1. The zero-order valence-corrected chi connectivity index (χ0v) is 12.9. The van der Waals surface area contributed by atoms with Gasteiger partial charge in [0.1, 0.15) is 0 Å². The van der Waals surface area contributed by atoms with Gasteiger partial charge in [-0.15, -0.1) is 11.8 Å². The van der Waals surface area contributed by atoms with Crippen molar-refractivity contribution in [3.8, 4) is 0 Å². The van der Waals surface area contributed by atoms with Gasteiger partial charge < -0.3 is 10.4 Å². The zero-order chi connectivity index (χ0) is 13.8. The van der Waals surface area contributed by atoms with Crippen LogP contribution in [-0.2, 0) is 0 Å². The molecule has 2 fully saturated rings. The van der Waals surface area contributed by atoms with Gasteiger partial charge in [-0.2, -0.15) is 0 Å². The number of thioether (sulfide) groups is 1. The molecule has 2 aliphatic carbocycles. The summed E-state index contributed by atoms with van der Waals surface area (Å²) in [6, 6.07) is 9.46. The lowest BCUT2D eigenvalue weighted by Gasteiger charge is -2.27. The highest BCUT2D eigenvalue weighted by molar-refractivity contribution is 8.00. The lowest BCUT2D eigenvalue weighted by atomic mass is 9.93. The summed E-state index contributed by atoms with van der Waals surface area (Å²) in [4.78, 5) is 1.40. The fourth-order valence-corrected chi connectivity index (χ4v) is 4.53. The van der Waals surface area contributed by atoms with Crippen LogP contribution in [0.4, 0.5) is 5.69 Å². The van der Waals surface area contributed by atoms with Crippen LogP contribution in [0.25, 0.3) is 0 Å². The van der Waals surface area contributed by atoms with Crippen LogP contribution in [0.3, 0.4) is 0 Å². The van der Waals surface area contributed by atoms with Crippen LogP contribution in [0.15, 0.2) is 29.2 Å². The van der Waals surface area contributed by atoms with E-state index < -0.39 is 0 Å². The fraction of sp³-hybridized carbons (Fsp3) is 0.647. The van der Waals surface area contributed by atoms with Crippen LogP contribution < -0.4 is 5.32 Å². The van der Waals surface area contributed by atoms with Crippen molar-refractivity contribution < 1.29 is 5.11 Å². The Kier molecular flexibility index (Phi) is 4.90. The first-order valence-electron chi connectivity index (χ1n) is 8.01. The Hall–Kier alpha value is -0.670. The lowest BCUT2D eigenvalue weighted by molar-refractivity contribution is 0.126. The molecule has 2 aliphatic rings. The summed E-state index contributed by atoms with van der Waals surface area (Å²) in [5.41, 5.74) is 1.22. The van der Waals surface area contributed by atoms with Gasteiger partial charge in [-0.3, -0.25) is 0 Å². The number of rotatable bonds is 4. The van der Waals surface area contributed by atoms with Gasteiger partial charge in [0.05, 0.1) is 6.10 Å². The van der Waals surface area contributed by atoms with Crippen molar-refractivity contribution in [1.82, 2.24) is 0 Å². The van der Waals surface area contributed by atoms with Crippen LogP contribution in [0.5, 0.6) is 0 Å². The Labute approximate surface area is 126 Å². The molecule has 0 aliphatic heterocycles. The molecule has 3 rings (SSSR count). The van der Waals surface area contributed by atoms with Crippen LogP contribution in [-0.4, -0.2) is 22.5 Å². The number of hydrogen-bond donors (Lipinski definition) is 2. The van der Waals surface area contributed by atoms with E-state index >= 15 is 0 Å².